The molecule has 4 heteroatoms. The Morgan fingerprint density at radius 1 is 1.50 bits per heavy atom. The minimum atomic E-state index is 0.736. The van der Waals surface area contributed by atoms with Gasteiger partial charge in [-0.05, 0) is 32.4 Å². The number of anilines is 1. The third-order valence-electron chi connectivity index (χ3n) is 2.95. The van der Waals surface area contributed by atoms with Crippen molar-refractivity contribution in [3.05, 3.63) is 17.6 Å². The van der Waals surface area contributed by atoms with E-state index in [2.05, 4.69) is 27.5 Å². The minimum absolute atomic E-state index is 0.736. The Hall–Kier alpha value is -1.16. The predicted octanol–water partition coefficient (Wildman–Crippen LogP) is 1.37. The van der Waals surface area contributed by atoms with E-state index in [1.54, 1.807) is 0 Å². The lowest BCUT2D eigenvalue weighted by Gasteiger charge is -2.11. The second-order valence-electron chi connectivity index (χ2n) is 4.40. The van der Waals surface area contributed by atoms with Gasteiger partial charge >= 0.3 is 0 Å². The molecule has 4 nitrogen and oxygen atoms in total. The van der Waals surface area contributed by atoms with Crippen LogP contribution < -0.4 is 10.6 Å². The first-order chi connectivity index (χ1) is 7.78. The normalized spacial score (nSPS) is 20.0. The Kier molecular flexibility index (Phi) is 3.72. The predicted molar refractivity (Wildman–Crippen MR) is 65.6 cm³/mol. The summed E-state index contributed by atoms with van der Waals surface area (Å²) in [6.45, 7) is 7.38. The van der Waals surface area contributed by atoms with Crippen molar-refractivity contribution in [3.8, 4) is 0 Å². The highest BCUT2D eigenvalue weighted by Crippen LogP contribution is 2.11. The second kappa shape index (κ2) is 5.25. The van der Waals surface area contributed by atoms with Gasteiger partial charge in [-0.25, -0.2) is 9.97 Å². The van der Waals surface area contributed by atoms with Crippen LogP contribution >= 0.6 is 0 Å². The highest BCUT2D eigenvalue weighted by molar-refractivity contribution is 5.35. The average molecular weight is 220 g/mol. The van der Waals surface area contributed by atoms with Crippen LogP contribution in [0.4, 0.5) is 5.82 Å². The van der Waals surface area contributed by atoms with Crippen molar-refractivity contribution in [1.29, 1.82) is 0 Å². The van der Waals surface area contributed by atoms with Gasteiger partial charge in [0.1, 0.15) is 11.6 Å². The van der Waals surface area contributed by atoms with Crippen molar-refractivity contribution in [2.45, 2.75) is 26.7 Å². The summed E-state index contributed by atoms with van der Waals surface area (Å²) in [7, 11) is 0. The van der Waals surface area contributed by atoms with Gasteiger partial charge in [0.15, 0.2) is 0 Å². The van der Waals surface area contributed by atoms with Crippen molar-refractivity contribution in [1.82, 2.24) is 15.3 Å². The highest BCUT2D eigenvalue weighted by Gasteiger charge is 2.14. The Labute approximate surface area is 96.9 Å². The van der Waals surface area contributed by atoms with Crippen LogP contribution in [-0.4, -0.2) is 29.6 Å². The summed E-state index contributed by atoms with van der Waals surface area (Å²) in [4.78, 5) is 8.84. The number of hydrogen-bond donors (Lipinski definition) is 2. The van der Waals surface area contributed by atoms with Crippen molar-refractivity contribution in [3.63, 3.8) is 0 Å². The van der Waals surface area contributed by atoms with Crippen LogP contribution in [0.15, 0.2) is 6.07 Å². The molecule has 1 atom stereocenters. The summed E-state index contributed by atoms with van der Waals surface area (Å²) in [5.74, 6) is 2.63. The lowest BCUT2D eigenvalue weighted by Crippen LogP contribution is -2.18. The first kappa shape index (κ1) is 11.3. The van der Waals surface area contributed by atoms with Gasteiger partial charge in [-0.3, -0.25) is 0 Å². The van der Waals surface area contributed by atoms with Gasteiger partial charge in [0.25, 0.3) is 0 Å². The average Bonchev–Trinajstić information content (AvgIpc) is 2.78. The molecule has 2 heterocycles. The molecule has 88 valence electrons. The van der Waals surface area contributed by atoms with E-state index in [1.165, 1.54) is 6.42 Å². The minimum Gasteiger partial charge on any atom is -0.370 e. The van der Waals surface area contributed by atoms with E-state index in [9.17, 15) is 0 Å². The number of nitrogens with one attached hydrogen (secondary N) is 2. The van der Waals surface area contributed by atoms with E-state index in [-0.39, 0.29) is 0 Å². The summed E-state index contributed by atoms with van der Waals surface area (Å²) in [6, 6.07) is 2.02. The van der Waals surface area contributed by atoms with Crippen LogP contribution in [0.2, 0.25) is 0 Å². The van der Waals surface area contributed by atoms with Gasteiger partial charge < -0.3 is 10.6 Å². The fraction of sp³-hybridized carbons (Fsp3) is 0.667. The quantitative estimate of drug-likeness (QED) is 0.804. The van der Waals surface area contributed by atoms with Crippen LogP contribution in [0.25, 0.3) is 0 Å². The zero-order valence-corrected chi connectivity index (χ0v) is 10.1. The maximum absolute atomic E-state index is 4.47. The number of aryl methyl sites for hydroxylation is 2. The van der Waals surface area contributed by atoms with E-state index in [4.69, 9.17) is 0 Å². The van der Waals surface area contributed by atoms with Gasteiger partial charge in [0.05, 0.1) is 0 Å². The maximum Gasteiger partial charge on any atom is 0.130 e. The smallest absolute Gasteiger partial charge is 0.130 e. The number of aromatic nitrogens is 2. The fourth-order valence-electron chi connectivity index (χ4n) is 2.02. The molecule has 0 aliphatic carbocycles. The maximum atomic E-state index is 4.47. The van der Waals surface area contributed by atoms with Crippen LogP contribution in [0, 0.1) is 12.8 Å². The molecule has 1 unspecified atom stereocenters. The zero-order valence-electron chi connectivity index (χ0n) is 10.1. The largest absolute Gasteiger partial charge is 0.370 e. The topological polar surface area (TPSA) is 49.8 Å². The van der Waals surface area contributed by atoms with Crippen LogP contribution in [0.3, 0.4) is 0 Å². The summed E-state index contributed by atoms with van der Waals surface area (Å²) < 4.78 is 0. The third-order valence-corrected chi connectivity index (χ3v) is 2.95. The van der Waals surface area contributed by atoms with Crippen molar-refractivity contribution >= 4 is 5.82 Å². The standard InChI is InChI=1S/C12H20N4/c1-3-11-15-9(2)6-12(16-11)14-8-10-4-5-13-7-10/h6,10,13H,3-5,7-8H2,1-2H3,(H,14,15,16). The van der Waals surface area contributed by atoms with Gasteiger partial charge in [-0.1, -0.05) is 6.92 Å². The van der Waals surface area contributed by atoms with E-state index in [1.807, 2.05) is 13.0 Å². The number of nitrogens with zero attached hydrogens (tertiary/aromatic N) is 2. The SMILES string of the molecule is CCc1nc(C)cc(NCC2CCNC2)n1. The molecule has 1 aromatic rings. The molecule has 0 radical (unpaired) electrons. The first-order valence-electron chi connectivity index (χ1n) is 6.07. The summed E-state index contributed by atoms with van der Waals surface area (Å²) in [5, 5.41) is 6.78. The van der Waals surface area contributed by atoms with Crippen molar-refractivity contribution in [2.24, 2.45) is 5.92 Å². The van der Waals surface area contributed by atoms with Crippen LogP contribution in [-0.2, 0) is 6.42 Å². The molecule has 0 saturated carbocycles. The molecule has 1 saturated heterocycles. The molecule has 1 aromatic heterocycles. The molecular weight excluding hydrogens is 200 g/mol. The van der Waals surface area contributed by atoms with Crippen LogP contribution in [0.1, 0.15) is 24.9 Å². The molecule has 2 N–H and O–H groups in total. The molecule has 16 heavy (non-hydrogen) atoms. The molecule has 1 aliphatic heterocycles. The monoisotopic (exact) mass is 220 g/mol. The van der Waals surface area contributed by atoms with Gasteiger partial charge in [-0.2, -0.15) is 0 Å². The lowest BCUT2D eigenvalue weighted by atomic mass is 10.1. The van der Waals surface area contributed by atoms with Gasteiger partial charge in [0.2, 0.25) is 0 Å². The number of rotatable bonds is 4. The molecule has 1 aliphatic rings. The van der Waals surface area contributed by atoms with Crippen molar-refractivity contribution in [2.75, 3.05) is 25.0 Å². The molecule has 0 bridgehead atoms. The molecular formula is C12H20N4. The molecule has 0 spiro atoms. The Bertz CT molecular complexity index is 345. The second-order valence-corrected chi connectivity index (χ2v) is 4.40. The third kappa shape index (κ3) is 2.92. The molecule has 0 aromatic carbocycles. The van der Waals surface area contributed by atoms with Crippen molar-refractivity contribution < 1.29 is 0 Å². The summed E-state index contributed by atoms with van der Waals surface area (Å²) in [6.07, 6.45) is 2.15. The lowest BCUT2D eigenvalue weighted by molar-refractivity contribution is 0.614. The first-order valence-corrected chi connectivity index (χ1v) is 6.07. The fourth-order valence-corrected chi connectivity index (χ4v) is 2.02. The van der Waals surface area contributed by atoms with Gasteiger partial charge in [-0.15, -0.1) is 0 Å². The van der Waals surface area contributed by atoms with E-state index >= 15 is 0 Å². The van der Waals surface area contributed by atoms with E-state index in [0.717, 1.165) is 49.3 Å². The molecule has 2 rings (SSSR count). The van der Waals surface area contributed by atoms with E-state index in [0.29, 0.717) is 0 Å². The van der Waals surface area contributed by atoms with E-state index < -0.39 is 0 Å². The van der Waals surface area contributed by atoms with Crippen LogP contribution in [0.5, 0.6) is 0 Å². The summed E-state index contributed by atoms with van der Waals surface area (Å²) in [5.41, 5.74) is 1.04. The molecule has 1 fully saturated rings. The zero-order chi connectivity index (χ0) is 11.4. The molecule has 0 amide bonds. The summed E-state index contributed by atoms with van der Waals surface area (Å²) >= 11 is 0. The highest BCUT2D eigenvalue weighted by atomic mass is 15.0. The Morgan fingerprint density at radius 3 is 3.06 bits per heavy atom. The Morgan fingerprint density at radius 2 is 2.38 bits per heavy atom. The Balaban J connectivity index is 1.94. The van der Waals surface area contributed by atoms with Gasteiger partial charge in [0, 0.05) is 24.7 Å². The number of hydrogen-bond acceptors (Lipinski definition) is 4.